The Hall–Kier alpha value is -1.88. The molecule has 1 aromatic carbocycles. The minimum atomic E-state index is -0.478. The fourth-order valence-electron chi connectivity index (χ4n) is 4.19. The molecular weight excluding hydrogens is 338 g/mol. The summed E-state index contributed by atoms with van der Waals surface area (Å²) in [7, 11) is 0. The zero-order chi connectivity index (χ0) is 19.1. The summed E-state index contributed by atoms with van der Waals surface area (Å²) in [5, 5.41) is 2.85. The van der Waals surface area contributed by atoms with Crippen molar-refractivity contribution in [1.82, 2.24) is 15.1 Å². The number of piperidine rings is 1. The minimum absolute atomic E-state index is 0.383. The van der Waals surface area contributed by atoms with Gasteiger partial charge in [-0.2, -0.15) is 0 Å². The topological polar surface area (TPSA) is 52.7 Å². The molecule has 2 fully saturated rings. The molecule has 2 heterocycles. The normalized spacial score (nSPS) is 21.5. The first-order valence-electron chi connectivity index (χ1n) is 10.5. The highest BCUT2D eigenvalue weighted by molar-refractivity contribution is 6.34. The summed E-state index contributed by atoms with van der Waals surface area (Å²) in [6.07, 6.45) is 7.30. The number of benzene rings is 1. The van der Waals surface area contributed by atoms with Crippen LogP contribution in [-0.2, 0) is 22.7 Å². The predicted molar refractivity (Wildman–Crippen MR) is 107 cm³/mol. The second-order valence-corrected chi connectivity index (χ2v) is 8.14. The minimum Gasteiger partial charge on any atom is -0.344 e. The predicted octanol–water partition coefficient (Wildman–Crippen LogP) is 2.94. The van der Waals surface area contributed by atoms with Gasteiger partial charge in [-0.15, -0.1) is 0 Å². The summed E-state index contributed by atoms with van der Waals surface area (Å²) in [4.78, 5) is 29.0. The molecule has 2 aliphatic rings. The molecule has 0 radical (unpaired) electrons. The van der Waals surface area contributed by atoms with Crippen molar-refractivity contribution in [3.05, 3.63) is 35.4 Å². The SMILES string of the molecule is C[C@H]1CCCN(C(=O)C(=O)NCc2ccccc2CN2CCCCCC2)C1. The van der Waals surface area contributed by atoms with Gasteiger partial charge in [0.1, 0.15) is 0 Å². The molecule has 0 spiro atoms. The molecular formula is C22H33N3O2. The summed E-state index contributed by atoms with van der Waals surface area (Å²) in [6.45, 7) is 7.15. The van der Waals surface area contributed by atoms with Crippen LogP contribution in [0.4, 0.5) is 0 Å². The molecule has 0 aliphatic carbocycles. The maximum Gasteiger partial charge on any atom is 0.311 e. The molecule has 1 aromatic rings. The highest BCUT2D eigenvalue weighted by Crippen LogP contribution is 2.17. The van der Waals surface area contributed by atoms with Gasteiger partial charge in [-0.25, -0.2) is 0 Å². The van der Waals surface area contributed by atoms with Gasteiger partial charge in [-0.05, 0) is 55.8 Å². The van der Waals surface area contributed by atoms with E-state index in [9.17, 15) is 9.59 Å². The zero-order valence-electron chi connectivity index (χ0n) is 16.6. The van der Waals surface area contributed by atoms with Crippen molar-refractivity contribution in [2.24, 2.45) is 5.92 Å². The first-order chi connectivity index (χ1) is 13.1. The van der Waals surface area contributed by atoms with Crippen molar-refractivity contribution in [2.75, 3.05) is 26.2 Å². The number of amides is 2. The van der Waals surface area contributed by atoms with Gasteiger partial charge in [-0.1, -0.05) is 44.0 Å². The van der Waals surface area contributed by atoms with Crippen molar-refractivity contribution < 1.29 is 9.59 Å². The lowest BCUT2D eigenvalue weighted by atomic mass is 10.0. The molecule has 1 atom stereocenters. The number of rotatable bonds is 4. The second kappa shape index (κ2) is 9.88. The molecule has 27 heavy (non-hydrogen) atoms. The molecule has 1 N–H and O–H groups in total. The van der Waals surface area contributed by atoms with Crippen molar-refractivity contribution >= 4 is 11.8 Å². The van der Waals surface area contributed by atoms with Gasteiger partial charge in [-0.3, -0.25) is 14.5 Å². The Morgan fingerprint density at radius 3 is 2.41 bits per heavy atom. The van der Waals surface area contributed by atoms with Crippen molar-refractivity contribution in [2.45, 2.75) is 58.5 Å². The van der Waals surface area contributed by atoms with Crippen LogP contribution in [0.25, 0.3) is 0 Å². The van der Waals surface area contributed by atoms with Gasteiger partial charge >= 0.3 is 11.8 Å². The van der Waals surface area contributed by atoms with E-state index in [4.69, 9.17) is 0 Å². The Morgan fingerprint density at radius 2 is 1.70 bits per heavy atom. The molecule has 0 bridgehead atoms. The Morgan fingerprint density at radius 1 is 1.00 bits per heavy atom. The largest absolute Gasteiger partial charge is 0.344 e. The van der Waals surface area contributed by atoms with Gasteiger partial charge in [0.05, 0.1) is 0 Å². The Kier molecular flexibility index (Phi) is 7.27. The summed E-state index contributed by atoms with van der Waals surface area (Å²) < 4.78 is 0. The van der Waals surface area contributed by atoms with Crippen LogP contribution in [0, 0.1) is 5.92 Å². The second-order valence-electron chi connectivity index (χ2n) is 8.14. The highest BCUT2D eigenvalue weighted by atomic mass is 16.2. The number of nitrogens with zero attached hydrogens (tertiary/aromatic N) is 2. The van der Waals surface area contributed by atoms with Gasteiger partial charge < -0.3 is 10.2 Å². The van der Waals surface area contributed by atoms with Crippen LogP contribution in [0.5, 0.6) is 0 Å². The third-order valence-corrected chi connectivity index (χ3v) is 5.79. The fourth-order valence-corrected chi connectivity index (χ4v) is 4.19. The molecule has 5 nitrogen and oxygen atoms in total. The van der Waals surface area contributed by atoms with E-state index in [-0.39, 0.29) is 5.91 Å². The van der Waals surface area contributed by atoms with Gasteiger partial charge in [0.15, 0.2) is 0 Å². The van der Waals surface area contributed by atoms with E-state index < -0.39 is 5.91 Å². The molecule has 148 valence electrons. The summed E-state index contributed by atoms with van der Waals surface area (Å²) in [6, 6.07) is 8.25. The lowest BCUT2D eigenvalue weighted by Crippen LogP contribution is -2.46. The Bertz CT molecular complexity index is 638. The molecule has 0 unspecified atom stereocenters. The van der Waals surface area contributed by atoms with Crippen LogP contribution in [0.3, 0.4) is 0 Å². The first kappa shape index (κ1) is 19.9. The highest BCUT2D eigenvalue weighted by Gasteiger charge is 2.26. The van der Waals surface area contributed by atoms with E-state index >= 15 is 0 Å². The third kappa shape index (κ3) is 5.80. The van der Waals surface area contributed by atoms with Gasteiger partial charge in [0, 0.05) is 26.2 Å². The van der Waals surface area contributed by atoms with Crippen LogP contribution in [0.15, 0.2) is 24.3 Å². The molecule has 0 saturated carbocycles. The quantitative estimate of drug-likeness (QED) is 0.828. The fraction of sp³-hybridized carbons (Fsp3) is 0.636. The average Bonchev–Trinajstić information content (AvgIpc) is 2.95. The van der Waals surface area contributed by atoms with Gasteiger partial charge in [0.2, 0.25) is 0 Å². The van der Waals surface area contributed by atoms with E-state index in [1.54, 1.807) is 4.90 Å². The lowest BCUT2D eigenvalue weighted by Gasteiger charge is -2.30. The number of hydrogen-bond acceptors (Lipinski definition) is 3. The number of carbonyl (C=O) groups is 2. The summed E-state index contributed by atoms with van der Waals surface area (Å²) in [5.74, 6) is -0.384. The lowest BCUT2D eigenvalue weighted by molar-refractivity contribution is -0.147. The maximum absolute atomic E-state index is 12.4. The third-order valence-electron chi connectivity index (χ3n) is 5.79. The molecule has 3 rings (SSSR count). The maximum atomic E-state index is 12.4. The van der Waals surface area contributed by atoms with Gasteiger partial charge in [0.25, 0.3) is 0 Å². The Labute approximate surface area is 163 Å². The molecule has 2 saturated heterocycles. The van der Waals surface area contributed by atoms with Crippen molar-refractivity contribution in [1.29, 1.82) is 0 Å². The summed E-state index contributed by atoms with van der Waals surface area (Å²) in [5.41, 5.74) is 2.36. The van der Waals surface area contributed by atoms with Crippen LogP contribution in [-0.4, -0.2) is 47.8 Å². The zero-order valence-corrected chi connectivity index (χ0v) is 16.6. The number of likely N-dealkylation sites (tertiary alicyclic amines) is 2. The molecule has 2 amide bonds. The van der Waals surface area contributed by atoms with E-state index in [1.165, 1.54) is 31.2 Å². The van der Waals surface area contributed by atoms with E-state index in [2.05, 4.69) is 35.3 Å². The van der Waals surface area contributed by atoms with Crippen LogP contribution in [0.2, 0.25) is 0 Å². The summed E-state index contributed by atoms with van der Waals surface area (Å²) >= 11 is 0. The van der Waals surface area contributed by atoms with E-state index in [1.807, 2.05) is 6.07 Å². The monoisotopic (exact) mass is 371 g/mol. The first-order valence-corrected chi connectivity index (χ1v) is 10.5. The number of carbonyl (C=O) groups excluding carboxylic acids is 2. The van der Waals surface area contributed by atoms with Crippen LogP contribution < -0.4 is 5.32 Å². The number of hydrogen-bond donors (Lipinski definition) is 1. The van der Waals surface area contributed by atoms with Crippen LogP contribution in [0.1, 0.15) is 56.6 Å². The molecule has 2 aliphatic heterocycles. The van der Waals surface area contributed by atoms with E-state index in [0.29, 0.717) is 25.6 Å². The van der Waals surface area contributed by atoms with E-state index in [0.717, 1.165) is 38.0 Å². The van der Waals surface area contributed by atoms with Crippen LogP contribution >= 0.6 is 0 Å². The average molecular weight is 372 g/mol. The molecule has 0 aromatic heterocycles. The van der Waals surface area contributed by atoms with Crippen molar-refractivity contribution in [3.8, 4) is 0 Å². The van der Waals surface area contributed by atoms with Crippen molar-refractivity contribution in [3.63, 3.8) is 0 Å². The standard InChI is InChI=1S/C22H33N3O2/c1-18-9-8-14-25(16-18)22(27)21(26)23-15-19-10-4-5-11-20(19)17-24-12-6-2-3-7-13-24/h4-5,10-11,18H,2-3,6-9,12-17H2,1H3,(H,23,26)/t18-/m0/s1. The molecule has 5 heteroatoms. The number of nitrogens with one attached hydrogen (secondary N) is 1. The Balaban J connectivity index is 1.55. The smallest absolute Gasteiger partial charge is 0.311 e.